The third-order valence-electron chi connectivity index (χ3n) is 2.73. The van der Waals surface area contributed by atoms with Crippen molar-refractivity contribution in [1.29, 1.82) is 0 Å². The molecule has 18 heavy (non-hydrogen) atoms. The third kappa shape index (κ3) is 3.92. The fraction of sp³-hybridized carbons (Fsp3) is 0.462. The Morgan fingerprint density at radius 1 is 1.33 bits per heavy atom. The van der Waals surface area contributed by atoms with Gasteiger partial charge in [0.1, 0.15) is 5.75 Å². The molecule has 0 saturated carbocycles. The first-order chi connectivity index (χ1) is 8.75. The number of morpholine rings is 1. The Hall–Kier alpha value is -1.20. The van der Waals surface area contributed by atoms with Crippen LogP contribution in [0.4, 0.5) is 0 Å². The van der Waals surface area contributed by atoms with Gasteiger partial charge in [-0.15, -0.1) is 12.6 Å². The van der Waals surface area contributed by atoms with Gasteiger partial charge in [-0.3, -0.25) is 4.79 Å². The van der Waals surface area contributed by atoms with E-state index in [9.17, 15) is 4.79 Å². The van der Waals surface area contributed by atoms with E-state index in [2.05, 4.69) is 12.6 Å². The Kier molecular flexibility index (Phi) is 4.90. The van der Waals surface area contributed by atoms with Crippen molar-refractivity contribution in [2.75, 3.05) is 26.3 Å². The Balaban J connectivity index is 1.79. The maximum atomic E-state index is 11.9. The zero-order valence-corrected chi connectivity index (χ0v) is 11.0. The molecule has 1 aliphatic heterocycles. The molecule has 5 heteroatoms. The van der Waals surface area contributed by atoms with E-state index in [0.29, 0.717) is 26.3 Å². The van der Waals surface area contributed by atoms with Crippen LogP contribution in [-0.2, 0) is 9.53 Å². The standard InChI is InChI=1S/C13H17NO3S/c15-12(14-6-8-16-9-7-14)10-13(18)17-11-4-2-1-3-5-11/h1-5,13,18H,6-10H2. The van der Waals surface area contributed by atoms with Gasteiger partial charge < -0.3 is 14.4 Å². The topological polar surface area (TPSA) is 38.8 Å². The Labute approximate surface area is 112 Å². The highest BCUT2D eigenvalue weighted by Crippen LogP contribution is 2.15. The summed E-state index contributed by atoms with van der Waals surface area (Å²) in [6, 6.07) is 9.39. The van der Waals surface area contributed by atoms with Gasteiger partial charge in [0.25, 0.3) is 0 Å². The molecule has 4 nitrogen and oxygen atoms in total. The van der Waals surface area contributed by atoms with Crippen LogP contribution < -0.4 is 4.74 Å². The average molecular weight is 267 g/mol. The van der Waals surface area contributed by atoms with E-state index < -0.39 is 5.44 Å². The molecule has 1 amide bonds. The number of hydrogen-bond acceptors (Lipinski definition) is 4. The highest BCUT2D eigenvalue weighted by molar-refractivity contribution is 7.80. The van der Waals surface area contributed by atoms with Crippen LogP contribution in [0.1, 0.15) is 6.42 Å². The molecule has 1 aliphatic rings. The van der Waals surface area contributed by atoms with Crippen molar-refractivity contribution in [2.24, 2.45) is 0 Å². The lowest BCUT2D eigenvalue weighted by molar-refractivity contribution is -0.136. The fourth-order valence-corrected chi connectivity index (χ4v) is 2.07. The lowest BCUT2D eigenvalue weighted by Crippen LogP contribution is -2.41. The van der Waals surface area contributed by atoms with Crippen LogP contribution >= 0.6 is 12.6 Å². The fourth-order valence-electron chi connectivity index (χ4n) is 1.79. The summed E-state index contributed by atoms with van der Waals surface area (Å²) in [6.45, 7) is 2.54. The molecule has 0 N–H and O–H groups in total. The number of nitrogens with zero attached hydrogens (tertiary/aromatic N) is 1. The molecule has 1 unspecified atom stereocenters. The molecule has 0 aromatic heterocycles. The average Bonchev–Trinajstić information content (AvgIpc) is 2.40. The maximum absolute atomic E-state index is 11.9. The van der Waals surface area contributed by atoms with Crippen molar-refractivity contribution >= 4 is 18.5 Å². The zero-order valence-electron chi connectivity index (χ0n) is 10.1. The van der Waals surface area contributed by atoms with Crippen molar-refractivity contribution in [2.45, 2.75) is 11.9 Å². The molecule has 2 rings (SSSR count). The van der Waals surface area contributed by atoms with Crippen LogP contribution in [-0.4, -0.2) is 42.5 Å². The number of hydrogen-bond donors (Lipinski definition) is 1. The molecule has 0 aliphatic carbocycles. The molecule has 0 bridgehead atoms. The number of para-hydroxylation sites is 1. The van der Waals surface area contributed by atoms with Crippen molar-refractivity contribution in [3.05, 3.63) is 30.3 Å². The highest BCUT2D eigenvalue weighted by atomic mass is 32.1. The number of amides is 1. The van der Waals surface area contributed by atoms with Crippen LogP contribution in [0.5, 0.6) is 5.75 Å². The largest absolute Gasteiger partial charge is 0.480 e. The molecule has 1 fully saturated rings. The van der Waals surface area contributed by atoms with Crippen LogP contribution in [0, 0.1) is 0 Å². The number of rotatable bonds is 4. The van der Waals surface area contributed by atoms with E-state index >= 15 is 0 Å². The maximum Gasteiger partial charge on any atom is 0.227 e. The predicted molar refractivity (Wildman–Crippen MR) is 71.9 cm³/mol. The first kappa shape index (κ1) is 13.2. The van der Waals surface area contributed by atoms with E-state index in [0.717, 1.165) is 5.75 Å². The second-order valence-corrected chi connectivity index (χ2v) is 4.66. The minimum atomic E-state index is -0.414. The smallest absolute Gasteiger partial charge is 0.227 e. The van der Waals surface area contributed by atoms with Crippen LogP contribution in [0.15, 0.2) is 30.3 Å². The summed E-state index contributed by atoms with van der Waals surface area (Å²) in [7, 11) is 0. The van der Waals surface area contributed by atoms with Gasteiger partial charge in [0.15, 0.2) is 5.44 Å². The number of carbonyl (C=O) groups excluding carboxylic acids is 1. The minimum absolute atomic E-state index is 0.0641. The van der Waals surface area contributed by atoms with Crippen molar-refractivity contribution in [1.82, 2.24) is 4.90 Å². The molecule has 1 aromatic rings. The van der Waals surface area contributed by atoms with Gasteiger partial charge in [-0.25, -0.2) is 0 Å². The Bertz CT molecular complexity index is 379. The molecule has 1 atom stereocenters. The second-order valence-electron chi connectivity index (χ2n) is 4.08. The molecule has 0 spiro atoms. The van der Waals surface area contributed by atoms with E-state index in [-0.39, 0.29) is 12.3 Å². The Morgan fingerprint density at radius 2 is 2.00 bits per heavy atom. The molecule has 98 valence electrons. The van der Waals surface area contributed by atoms with Gasteiger partial charge in [0, 0.05) is 13.1 Å². The first-order valence-electron chi connectivity index (χ1n) is 6.01. The lowest BCUT2D eigenvalue weighted by Gasteiger charge is -2.27. The van der Waals surface area contributed by atoms with E-state index in [1.54, 1.807) is 4.90 Å². The van der Waals surface area contributed by atoms with Gasteiger partial charge in [-0.05, 0) is 12.1 Å². The monoisotopic (exact) mass is 267 g/mol. The summed E-state index contributed by atoms with van der Waals surface area (Å²) in [4.78, 5) is 13.7. The van der Waals surface area contributed by atoms with Crippen LogP contribution in [0.3, 0.4) is 0 Å². The van der Waals surface area contributed by atoms with E-state index in [1.165, 1.54) is 0 Å². The van der Waals surface area contributed by atoms with Gasteiger partial charge in [-0.1, -0.05) is 18.2 Å². The summed E-state index contributed by atoms with van der Waals surface area (Å²) in [5.41, 5.74) is -0.414. The number of thiol groups is 1. The highest BCUT2D eigenvalue weighted by Gasteiger charge is 2.20. The summed E-state index contributed by atoms with van der Waals surface area (Å²) < 4.78 is 10.8. The predicted octanol–water partition coefficient (Wildman–Crippen LogP) is 1.57. The molecular weight excluding hydrogens is 250 g/mol. The molecular formula is C13H17NO3S. The molecule has 1 aromatic carbocycles. The van der Waals surface area contributed by atoms with Gasteiger partial charge in [0.05, 0.1) is 19.6 Å². The number of carbonyl (C=O) groups is 1. The van der Waals surface area contributed by atoms with Crippen molar-refractivity contribution < 1.29 is 14.3 Å². The number of ether oxygens (including phenoxy) is 2. The van der Waals surface area contributed by atoms with Gasteiger partial charge >= 0.3 is 0 Å². The minimum Gasteiger partial charge on any atom is -0.480 e. The molecule has 0 radical (unpaired) electrons. The summed E-state index contributed by atoms with van der Waals surface area (Å²) in [5, 5.41) is 0. The summed E-state index contributed by atoms with van der Waals surface area (Å²) in [5.74, 6) is 0.793. The second kappa shape index (κ2) is 6.66. The molecule has 1 saturated heterocycles. The molecule has 1 heterocycles. The normalized spacial score (nSPS) is 17.3. The zero-order chi connectivity index (χ0) is 12.8. The number of benzene rings is 1. The quantitative estimate of drug-likeness (QED) is 0.665. The SMILES string of the molecule is O=C(CC(S)Oc1ccccc1)N1CCOCC1. The van der Waals surface area contributed by atoms with Crippen LogP contribution in [0.25, 0.3) is 0 Å². The summed E-state index contributed by atoms with van der Waals surface area (Å²) >= 11 is 4.30. The summed E-state index contributed by atoms with van der Waals surface area (Å²) in [6.07, 6.45) is 0.276. The van der Waals surface area contributed by atoms with Gasteiger partial charge in [0.2, 0.25) is 5.91 Å². The van der Waals surface area contributed by atoms with E-state index in [1.807, 2.05) is 30.3 Å². The van der Waals surface area contributed by atoms with Crippen LogP contribution in [0.2, 0.25) is 0 Å². The van der Waals surface area contributed by atoms with Crippen molar-refractivity contribution in [3.63, 3.8) is 0 Å². The van der Waals surface area contributed by atoms with Crippen molar-refractivity contribution in [3.8, 4) is 5.75 Å². The Morgan fingerprint density at radius 3 is 2.67 bits per heavy atom. The van der Waals surface area contributed by atoms with Gasteiger partial charge in [-0.2, -0.15) is 0 Å². The third-order valence-corrected chi connectivity index (χ3v) is 3.02. The van der Waals surface area contributed by atoms with E-state index in [4.69, 9.17) is 9.47 Å². The first-order valence-corrected chi connectivity index (χ1v) is 6.52. The lowest BCUT2D eigenvalue weighted by atomic mass is 10.3.